The maximum Gasteiger partial charge on any atom is 0.116 e. The van der Waals surface area contributed by atoms with Gasteiger partial charge in [0.05, 0.1) is 5.54 Å². The normalized spacial score (nSPS) is 14.8. The van der Waals surface area contributed by atoms with E-state index in [1.165, 1.54) is 0 Å². The van der Waals surface area contributed by atoms with Crippen molar-refractivity contribution in [3.63, 3.8) is 0 Å². The molecule has 0 atom stereocenters. The van der Waals surface area contributed by atoms with Crippen LogP contribution in [-0.2, 0) is 0 Å². The highest BCUT2D eigenvalue weighted by Crippen LogP contribution is 2.17. The molecule has 0 aromatic carbocycles. The fraction of sp³-hybridized carbons (Fsp3) is 0.889. The Labute approximate surface area is 75.4 Å². The molecule has 0 aliphatic rings. The number of hydrogen-bond acceptors (Lipinski definition) is 2. The number of hydrogen-bond donors (Lipinski definition) is 2. The second-order valence-electron chi connectivity index (χ2n) is 5.03. The zero-order chi connectivity index (χ0) is 9.99. The number of nitrogens with two attached hydrogens (primary N) is 1. The minimum absolute atomic E-state index is 0.0119. The topological polar surface area (TPSA) is 50.4 Å². The molecule has 0 amide bonds. The second kappa shape index (κ2) is 3.44. The molecule has 0 aromatic rings. The first-order valence-corrected chi connectivity index (χ1v) is 4.24. The van der Waals surface area contributed by atoms with Crippen LogP contribution < -0.4 is 11.3 Å². The smallest absolute Gasteiger partial charge is 0.116 e. The van der Waals surface area contributed by atoms with Crippen LogP contribution in [-0.4, -0.2) is 11.4 Å². The van der Waals surface area contributed by atoms with Crippen LogP contribution in [0.4, 0.5) is 0 Å². The van der Waals surface area contributed by atoms with Crippen LogP contribution in [0.15, 0.2) is 4.99 Å². The molecule has 0 saturated carbocycles. The Bertz CT molecular complexity index is 169. The zero-order valence-electron chi connectivity index (χ0n) is 9.02. The summed E-state index contributed by atoms with van der Waals surface area (Å²) < 4.78 is 0. The quantitative estimate of drug-likeness (QED) is 0.252. The van der Waals surface area contributed by atoms with Crippen LogP contribution in [0.2, 0.25) is 0 Å². The first kappa shape index (κ1) is 11.4. The standard InChI is InChI=1S/C9H21N3/c1-8(2,3)7(12-10)11-9(4,5)6/h10H2,1-6H3,(H,11,12). The SMILES string of the molecule is CC(C)(C)N=C(NN)C(C)(C)C. The van der Waals surface area contributed by atoms with Gasteiger partial charge < -0.3 is 5.43 Å². The van der Waals surface area contributed by atoms with Crippen LogP contribution in [0.25, 0.3) is 0 Å². The van der Waals surface area contributed by atoms with Gasteiger partial charge in [-0.3, -0.25) is 4.99 Å². The Morgan fingerprint density at radius 3 is 1.58 bits per heavy atom. The molecule has 3 N–H and O–H groups in total. The van der Waals surface area contributed by atoms with Crippen molar-refractivity contribution in [1.29, 1.82) is 0 Å². The highest BCUT2D eigenvalue weighted by atomic mass is 15.3. The van der Waals surface area contributed by atoms with Crippen molar-refractivity contribution < 1.29 is 0 Å². The first-order valence-electron chi connectivity index (χ1n) is 4.24. The second-order valence-corrected chi connectivity index (χ2v) is 5.03. The number of nitrogens with one attached hydrogen (secondary N) is 1. The Hall–Kier alpha value is -0.570. The molecule has 0 saturated heterocycles. The number of aliphatic imine (C=N–C) groups is 1. The van der Waals surface area contributed by atoms with Gasteiger partial charge in [-0.2, -0.15) is 0 Å². The number of nitrogens with zero attached hydrogens (tertiary/aromatic N) is 1. The van der Waals surface area contributed by atoms with Crippen LogP contribution in [0.3, 0.4) is 0 Å². The molecule has 3 nitrogen and oxygen atoms in total. The summed E-state index contributed by atoms with van der Waals surface area (Å²) in [6.45, 7) is 12.4. The predicted octanol–water partition coefficient (Wildman–Crippen LogP) is 1.69. The summed E-state index contributed by atoms with van der Waals surface area (Å²) >= 11 is 0. The lowest BCUT2D eigenvalue weighted by molar-refractivity contribution is 0.522. The van der Waals surface area contributed by atoms with Crippen LogP contribution in [0.5, 0.6) is 0 Å². The van der Waals surface area contributed by atoms with Gasteiger partial charge in [-0.1, -0.05) is 20.8 Å². The van der Waals surface area contributed by atoms with Crippen molar-refractivity contribution in [2.45, 2.75) is 47.1 Å². The summed E-state index contributed by atoms with van der Waals surface area (Å²) in [5, 5.41) is 0. The maximum atomic E-state index is 5.39. The van der Waals surface area contributed by atoms with Crippen molar-refractivity contribution >= 4 is 5.84 Å². The monoisotopic (exact) mass is 171 g/mol. The van der Waals surface area contributed by atoms with Gasteiger partial charge in [-0.25, -0.2) is 5.84 Å². The largest absolute Gasteiger partial charge is 0.312 e. The van der Waals surface area contributed by atoms with Gasteiger partial charge >= 0.3 is 0 Å². The Balaban J connectivity index is 4.68. The summed E-state index contributed by atoms with van der Waals surface area (Å²) in [5.74, 6) is 6.23. The molecule has 0 heterocycles. The summed E-state index contributed by atoms with van der Waals surface area (Å²) in [6, 6.07) is 0. The lowest BCUT2D eigenvalue weighted by atomic mass is 9.94. The Morgan fingerprint density at radius 2 is 1.50 bits per heavy atom. The highest BCUT2D eigenvalue weighted by molar-refractivity contribution is 5.86. The van der Waals surface area contributed by atoms with Gasteiger partial charge in [0.25, 0.3) is 0 Å². The van der Waals surface area contributed by atoms with Gasteiger partial charge in [0, 0.05) is 5.41 Å². The molecular formula is C9H21N3. The van der Waals surface area contributed by atoms with Crippen molar-refractivity contribution in [3.8, 4) is 0 Å². The van der Waals surface area contributed by atoms with Crippen LogP contribution in [0.1, 0.15) is 41.5 Å². The lowest BCUT2D eigenvalue weighted by Crippen LogP contribution is -2.41. The third-order valence-corrected chi connectivity index (χ3v) is 1.29. The average Bonchev–Trinajstić information content (AvgIpc) is 1.78. The zero-order valence-corrected chi connectivity index (χ0v) is 9.02. The van der Waals surface area contributed by atoms with E-state index in [9.17, 15) is 0 Å². The highest BCUT2D eigenvalue weighted by Gasteiger charge is 2.20. The molecule has 0 bridgehead atoms. The van der Waals surface area contributed by atoms with Crippen LogP contribution in [0, 0.1) is 5.41 Å². The Morgan fingerprint density at radius 1 is 1.08 bits per heavy atom. The summed E-state index contributed by atoms with van der Waals surface area (Å²) in [5.41, 5.74) is 2.56. The predicted molar refractivity (Wildman–Crippen MR) is 54.0 cm³/mol. The van der Waals surface area contributed by atoms with Gasteiger partial charge in [-0.15, -0.1) is 0 Å². The van der Waals surface area contributed by atoms with E-state index in [4.69, 9.17) is 5.84 Å². The molecule has 0 unspecified atom stereocenters. The van der Waals surface area contributed by atoms with Crippen molar-refractivity contribution in [1.82, 2.24) is 5.43 Å². The summed E-state index contributed by atoms with van der Waals surface area (Å²) in [4.78, 5) is 4.48. The minimum atomic E-state index is -0.0744. The van der Waals surface area contributed by atoms with E-state index in [2.05, 4.69) is 52.0 Å². The van der Waals surface area contributed by atoms with E-state index in [0.29, 0.717) is 0 Å². The molecule has 0 fully saturated rings. The van der Waals surface area contributed by atoms with E-state index < -0.39 is 0 Å². The molecule has 0 aliphatic heterocycles. The van der Waals surface area contributed by atoms with Crippen molar-refractivity contribution in [3.05, 3.63) is 0 Å². The molecule has 12 heavy (non-hydrogen) atoms. The molecular weight excluding hydrogens is 150 g/mol. The van der Waals surface area contributed by atoms with Gasteiger partial charge in [0.1, 0.15) is 5.84 Å². The molecule has 3 heteroatoms. The summed E-state index contributed by atoms with van der Waals surface area (Å²) in [7, 11) is 0. The number of rotatable bonds is 0. The van der Waals surface area contributed by atoms with E-state index in [1.807, 2.05) is 0 Å². The van der Waals surface area contributed by atoms with Gasteiger partial charge in [0.15, 0.2) is 0 Å². The van der Waals surface area contributed by atoms with E-state index in [0.717, 1.165) is 5.84 Å². The van der Waals surface area contributed by atoms with Gasteiger partial charge in [-0.05, 0) is 20.8 Å². The Kier molecular flexibility index (Phi) is 3.27. The molecule has 0 radical (unpaired) electrons. The molecule has 0 rings (SSSR count). The molecule has 0 aliphatic carbocycles. The third kappa shape index (κ3) is 4.34. The maximum absolute atomic E-state index is 5.39. The minimum Gasteiger partial charge on any atom is -0.312 e. The molecule has 72 valence electrons. The first-order chi connectivity index (χ1) is 5.17. The average molecular weight is 171 g/mol. The molecule has 0 aromatic heterocycles. The van der Waals surface area contributed by atoms with Crippen molar-refractivity contribution in [2.75, 3.05) is 0 Å². The number of amidine groups is 1. The third-order valence-electron chi connectivity index (χ3n) is 1.29. The van der Waals surface area contributed by atoms with E-state index in [1.54, 1.807) is 0 Å². The fourth-order valence-corrected chi connectivity index (χ4v) is 0.752. The van der Waals surface area contributed by atoms with Crippen LogP contribution >= 0.6 is 0 Å². The van der Waals surface area contributed by atoms with E-state index >= 15 is 0 Å². The molecule has 0 spiro atoms. The number of hydrazine groups is 1. The van der Waals surface area contributed by atoms with Gasteiger partial charge in [0.2, 0.25) is 0 Å². The summed E-state index contributed by atoms with van der Waals surface area (Å²) in [6.07, 6.45) is 0. The van der Waals surface area contributed by atoms with E-state index in [-0.39, 0.29) is 11.0 Å². The van der Waals surface area contributed by atoms with Crippen molar-refractivity contribution in [2.24, 2.45) is 16.3 Å². The fourth-order valence-electron chi connectivity index (χ4n) is 0.752. The lowest BCUT2D eigenvalue weighted by Gasteiger charge is -2.24.